The zero-order valence-corrected chi connectivity index (χ0v) is 15.2. The van der Waals surface area contributed by atoms with Gasteiger partial charge in [0.1, 0.15) is 6.10 Å². The smallest absolute Gasteiger partial charge is 0.302 e. The summed E-state index contributed by atoms with van der Waals surface area (Å²) >= 11 is 0. The van der Waals surface area contributed by atoms with Crippen molar-refractivity contribution in [3.05, 3.63) is 11.6 Å². The molecule has 0 aromatic carbocycles. The van der Waals surface area contributed by atoms with Crippen molar-refractivity contribution in [1.29, 1.82) is 0 Å². The third kappa shape index (κ3) is 2.23. The minimum absolute atomic E-state index is 0.0714. The number of hydrogen-bond acceptors (Lipinski definition) is 3. The molecule has 4 rings (SSSR count). The Morgan fingerprint density at radius 2 is 2.08 bits per heavy atom. The van der Waals surface area contributed by atoms with Gasteiger partial charge in [-0.1, -0.05) is 18.6 Å². The molecule has 6 atom stereocenters. The van der Waals surface area contributed by atoms with Crippen molar-refractivity contribution in [2.75, 3.05) is 6.61 Å². The molecule has 0 heterocycles. The van der Waals surface area contributed by atoms with Crippen LogP contribution in [0.4, 0.5) is 0 Å². The average molecular weight is 332 g/mol. The predicted octanol–water partition coefficient (Wildman–Crippen LogP) is 4.24. The Morgan fingerprint density at radius 1 is 1.25 bits per heavy atom. The highest BCUT2D eigenvalue weighted by Crippen LogP contribution is 2.65. The molecule has 0 spiro atoms. The van der Waals surface area contributed by atoms with Crippen molar-refractivity contribution in [2.45, 2.75) is 77.7 Å². The first-order chi connectivity index (χ1) is 11.5. The molecule has 1 N–H and O–H groups in total. The zero-order chi connectivity index (χ0) is 16.9. The number of allylic oxidation sites excluding steroid dienone is 1. The number of aliphatic hydroxyl groups excluding tert-OH is 1. The Labute approximate surface area is 145 Å². The van der Waals surface area contributed by atoms with Crippen LogP contribution in [0.3, 0.4) is 0 Å². The Hall–Kier alpha value is -0.830. The Morgan fingerprint density at radius 3 is 2.83 bits per heavy atom. The van der Waals surface area contributed by atoms with Crippen molar-refractivity contribution >= 4 is 5.97 Å². The first-order valence-corrected chi connectivity index (χ1v) is 9.99. The van der Waals surface area contributed by atoms with E-state index in [1.165, 1.54) is 44.9 Å². The van der Waals surface area contributed by atoms with Crippen LogP contribution >= 0.6 is 0 Å². The summed E-state index contributed by atoms with van der Waals surface area (Å²) in [5, 5.41) is 10.4. The van der Waals surface area contributed by atoms with Crippen LogP contribution in [0.25, 0.3) is 0 Å². The minimum Gasteiger partial charge on any atom is -0.462 e. The number of esters is 1. The van der Waals surface area contributed by atoms with Gasteiger partial charge in [-0.2, -0.15) is 0 Å². The molecule has 0 bridgehead atoms. The summed E-state index contributed by atoms with van der Waals surface area (Å²) in [4.78, 5) is 11.5. The molecule has 3 nitrogen and oxygen atoms in total. The summed E-state index contributed by atoms with van der Waals surface area (Å²) in [6.45, 7) is 4.24. The normalized spacial score (nSPS) is 47.2. The first-order valence-electron chi connectivity index (χ1n) is 9.99. The molecule has 0 amide bonds. The SMILES string of the molecule is CC(=O)OC1CC[C@H]2[C@@H]3CCC4=CCCC[C@]4(CO)[C@@H]3CC[C@]12C. The fraction of sp³-hybridized carbons (Fsp3) is 0.857. The van der Waals surface area contributed by atoms with Crippen LogP contribution < -0.4 is 0 Å². The van der Waals surface area contributed by atoms with Gasteiger partial charge in [0.15, 0.2) is 0 Å². The molecule has 0 aromatic rings. The molecule has 3 heteroatoms. The third-order valence-corrected chi connectivity index (χ3v) is 8.25. The molecule has 4 aliphatic carbocycles. The summed E-state index contributed by atoms with van der Waals surface area (Å²) in [6.07, 6.45) is 13.1. The van der Waals surface area contributed by atoms with Crippen molar-refractivity contribution in [3.63, 3.8) is 0 Å². The average Bonchev–Trinajstić information content (AvgIpc) is 2.90. The molecule has 3 fully saturated rings. The molecular formula is C21H32O3. The third-order valence-electron chi connectivity index (χ3n) is 8.25. The predicted molar refractivity (Wildman–Crippen MR) is 93.3 cm³/mol. The van der Waals surface area contributed by atoms with Gasteiger partial charge in [-0.05, 0) is 75.5 Å². The maximum atomic E-state index is 11.5. The number of fused-ring (bicyclic) bond motifs is 5. The Bertz CT molecular complexity index is 553. The zero-order valence-electron chi connectivity index (χ0n) is 15.2. The van der Waals surface area contributed by atoms with Crippen LogP contribution in [-0.4, -0.2) is 23.8 Å². The molecular weight excluding hydrogens is 300 g/mol. The molecule has 0 saturated heterocycles. The first kappa shape index (κ1) is 16.6. The lowest BCUT2D eigenvalue weighted by Gasteiger charge is -2.58. The van der Waals surface area contributed by atoms with Crippen LogP contribution in [-0.2, 0) is 9.53 Å². The molecule has 24 heavy (non-hydrogen) atoms. The van der Waals surface area contributed by atoms with E-state index in [9.17, 15) is 9.90 Å². The lowest BCUT2D eigenvalue weighted by atomic mass is 9.47. The van der Waals surface area contributed by atoms with Gasteiger partial charge >= 0.3 is 5.97 Å². The molecule has 0 aromatic heterocycles. The van der Waals surface area contributed by atoms with Crippen molar-refractivity contribution < 1.29 is 14.6 Å². The summed E-state index contributed by atoms with van der Waals surface area (Å²) in [5.74, 6) is 1.87. The molecule has 4 aliphatic rings. The molecule has 134 valence electrons. The van der Waals surface area contributed by atoms with E-state index < -0.39 is 0 Å². The highest BCUT2D eigenvalue weighted by atomic mass is 16.5. The maximum absolute atomic E-state index is 11.5. The molecule has 0 radical (unpaired) electrons. The van der Waals surface area contributed by atoms with E-state index in [0.29, 0.717) is 24.4 Å². The van der Waals surface area contributed by atoms with Crippen molar-refractivity contribution in [1.82, 2.24) is 0 Å². The van der Waals surface area contributed by atoms with Gasteiger partial charge in [0.2, 0.25) is 0 Å². The fourth-order valence-corrected chi connectivity index (χ4v) is 7.17. The maximum Gasteiger partial charge on any atom is 0.302 e. The van der Waals surface area contributed by atoms with E-state index in [1.807, 2.05) is 0 Å². The van der Waals surface area contributed by atoms with E-state index >= 15 is 0 Å². The monoisotopic (exact) mass is 332 g/mol. The van der Waals surface area contributed by atoms with E-state index in [4.69, 9.17) is 4.74 Å². The van der Waals surface area contributed by atoms with Crippen LogP contribution in [0.15, 0.2) is 11.6 Å². The van der Waals surface area contributed by atoms with E-state index in [1.54, 1.807) is 12.5 Å². The van der Waals surface area contributed by atoms with E-state index in [0.717, 1.165) is 12.8 Å². The fourth-order valence-electron chi connectivity index (χ4n) is 7.17. The van der Waals surface area contributed by atoms with Gasteiger partial charge in [-0.25, -0.2) is 0 Å². The number of ether oxygens (including phenoxy) is 1. The van der Waals surface area contributed by atoms with Crippen molar-refractivity contribution in [3.8, 4) is 0 Å². The van der Waals surface area contributed by atoms with Crippen molar-refractivity contribution in [2.24, 2.45) is 28.6 Å². The lowest BCUT2D eigenvalue weighted by Crippen LogP contribution is -2.53. The van der Waals surface area contributed by atoms with E-state index in [-0.39, 0.29) is 22.9 Å². The minimum atomic E-state index is -0.128. The number of rotatable bonds is 2. The summed E-state index contributed by atoms with van der Waals surface area (Å²) in [5.41, 5.74) is 1.79. The number of carbonyl (C=O) groups excluding carboxylic acids is 1. The van der Waals surface area contributed by atoms with Crippen LogP contribution in [0, 0.1) is 28.6 Å². The second-order valence-electron chi connectivity index (χ2n) is 9.07. The quantitative estimate of drug-likeness (QED) is 0.607. The standard InChI is InChI=1S/C21H32O3/c1-14(23)24-19-9-8-17-16-7-6-15-5-3-4-11-21(15,13-22)18(16)10-12-20(17,19)2/h5,16-19,22H,3-4,6-13H2,1-2H3/t16-,17-,18+,19?,20-,21+/m0/s1. The topological polar surface area (TPSA) is 46.5 Å². The van der Waals surface area contributed by atoms with Gasteiger partial charge in [0.25, 0.3) is 0 Å². The van der Waals surface area contributed by atoms with Gasteiger partial charge < -0.3 is 9.84 Å². The number of aliphatic hydroxyl groups is 1. The second kappa shape index (κ2) is 5.86. The van der Waals surface area contributed by atoms with Gasteiger partial charge in [-0.15, -0.1) is 0 Å². The van der Waals surface area contributed by atoms with Gasteiger partial charge in [-0.3, -0.25) is 4.79 Å². The Balaban J connectivity index is 1.63. The molecule has 0 aliphatic heterocycles. The summed E-state index contributed by atoms with van der Waals surface area (Å²) in [6, 6.07) is 0. The summed E-state index contributed by atoms with van der Waals surface area (Å²) < 4.78 is 5.72. The van der Waals surface area contributed by atoms with E-state index in [2.05, 4.69) is 13.0 Å². The summed E-state index contributed by atoms with van der Waals surface area (Å²) in [7, 11) is 0. The number of carbonyl (C=O) groups is 1. The van der Waals surface area contributed by atoms with Gasteiger partial charge in [0, 0.05) is 17.8 Å². The lowest BCUT2D eigenvalue weighted by molar-refractivity contribution is -0.158. The van der Waals surface area contributed by atoms with Crippen LogP contribution in [0.2, 0.25) is 0 Å². The highest BCUT2D eigenvalue weighted by molar-refractivity contribution is 5.66. The van der Waals surface area contributed by atoms with Crippen LogP contribution in [0.5, 0.6) is 0 Å². The van der Waals surface area contributed by atoms with Gasteiger partial charge in [0.05, 0.1) is 6.61 Å². The molecule has 3 saturated carbocycles. The second-order valence-corrected chi connectivity index (χ2v) is 9.07. The number of hydrogen-bond donors (Lipinski definition) is 1. The highest BCUT2D eigenvalue weighted by Gasteiger charge is 2.60. The van der Waals surface area contributed by atoms with Crippen LogP contribution in [0.1, 0.15) is 71.6 Å². The molecule has 1 unspecified atom stereocenters. The Kier molecular flexibility index (Phi) is 4.06. The largest absolute Gasteiger partial charge is 0.462 e.